The molecule has 0 saturated carbocycles. The molecule has 42 heavy (non-hydrogen) atoms. The van der Waals surface area contributed by atoms with Gasteiger partial charge in [0, 0.05) is 27.6 Å². The molecular formula is C31H24ClF4NO5. The monoisotopic (exact) mass is 601 g/mol. The molecule has 0 bridgehead atoms. The number of nitrogens with one attached hydrogen (secondary N) is 1. The van der Waals surface area contributed by atoms with E-state index < -0.39 is 47.2 Å². The fourth-order valence-electron chi connectivity index (χ4n) is 4.41. The minimum Gasteiger partial charge on any atom is -0.463 e. The van der Waals surface area contributed by atoms with Gasteiger partial charge in [0.05, 0.1) is 29.8 Å². The highest BCUT2D eigenvalue weighted by molar-refractivity contribution is 6.32. The summed E-state index contributed by atoms with van der Waals surface area (Å²) in [7, 11) is 0. The van der Waals surface area contributed by atoms with Crippen molar-refractivity contribution >= 4 is 46.2 Å². The van der Waals surface area contributed by atoms with E-state index >= 15 is 0 Å². The van der Waals surface area contributed by atoms with Crippen LogP contribution in [0.4, 0.5) is 23.2 Å². The topological polar surface area (TPSA) is 85.6 Å². The molecule has 0 radical (unpaired) electrons. The van der Waals surface area contributed by atoms with Crippen LogP contribution in [0.25, 0.3) is 28.2 Å². The second-order valence-electron chi connectivity index (χ2n) is 9.43. The number of esters is 1. The molecular weight excluding hydrogens is 578 g/mol. The van der Waals surface area contributed by atoms with Gasteiger partial charge < -0.3 is 14.5 Å². The molecule has 0 atom stereocenters. The summed E-state index contributed by atoms with van der Waals surface area (Å²) >= 11 is 6.26. The maximum atomic E-state index is 13.6. The first-order valence-corrected chi connectivity index (χ1v) is 13.0. The third kappa shape index (κ3) is 6.71. The molecule has 6 nitrogen and oxygen atoms in total. The summed E-state index contributed by atoms with van der Waals surface area (Å²) in [6.07, 6.45) is -4.01. The molecule has 1 amide bonds. The number of hydrogen-bond acceptors (Lipinski definition) is 5. The number of amides is 1. The Hall–Kier alpha value is -4.44. The molecule has 1 aromatic heterocycles. The molecule has 218 valence electrons. The maximum absolute atomic E-state index is 13.6. The first-order chi connectivity index (χ1) is 19.8. The molecule has 4 aromatic rings. The van der Waals surface area contributed by atoms with E-state index in [9.17, 15) is 31.9 Å². The van der Waals surface area contributed by atoms with Crippen molar-refractivity contribution < 1.29 is 36.3 Å². The molecule has 0 unspecified atom stereocenters. The Morgan fingerprint density at radius 2 is 1.83 bits per heavy atom. The van der Waals surface area contributed by atoms with Gasteiger partial charge in [-0.05, 0) is 73.9 Å². The lowest BCUT2D eigenvalue weighted by Gasteiger charge is -2.16. The molecule has 3 aromatic carbocycles. The van der Waals surface area contributed by atoms with Crippen LogP contribution in [0.2, 0.25) is 5.02 Å². The van der Waals surface area contributed by atoms with Gasteiger partial charge in [0.1, 0.15) is 11.4 Å². The van der Waals surface area contributed by atoms with Crippen molar-refractivity contribution in [3.8, 4) is 11.1 Å². The summed E-state index contributed by atoms with van der Waals surface area (Å²) in [6.45, 7) is 5.20. The molecule has 0 aliphatic carbocycles. The Bertz CT molecular complexity index is 1790. The Morgan fingerprint density at radius 1 is 1.10 bits per heavy atom. The van der Waals surface area contributed by atoms with Gasteiger partial charge in [-0.1, -0.05) is 29.8 Å². The molecule has 0 fully saturated rings. The number of rotatable bonds is 7. The summed E-state index contributed by atoms with van der Waals surface area (Å²) in [4.78, 5) is 38.4. The van der Waals surface area contributed by atoms with Crippen molar-refractivity contribution in [2.75, 3.05) is 11.9 Å². The summed E-state index contributed by atoms with van der Waals surface area (Å²) in [5.74, 6) is -2.59. The van der Waals surface area contributed by atoms with E-state index in [-0.39, 0.29) is 23.8 Å². The minimum absolute atomic E-state index is 0.124. The average Bonchev–Trinajstić information content (AvgIpc) is 2.91. The number of carbonyl (C=O) groups excluding carboxylic acids is 2. The summed E-state index contributed by atoms with van der Waals surface area (Å²) in [5.41, 5.74) is -0.590. The zero-order chi connectivity index (χ0) is 30.8. The lowest BCUT2D eigenvalue weighted by Crippen LogP contribution is -2.22. The predicted octanol–water partition coefficient (Wildman–Crippen LogP) is 7.73. The normalized spacial score (nSPS) is 12.0. The molecule has 1 N–H and O–H groups in total. The molecule has 0 aliphatic rings. The highest BCUT2D eigenvalue weighted by atomic mass is 35.5. The number of halogens is 5. The molecule has 0 spiro atoms. The van der Waals surface area contributed by atoms with Crippen LogP contribution in [-0.2, 0) is 26.9 Å². The zero-order valence-electron chi connectivity index (χ0n) is 22.6. The van der Waals surface area contributed by atoms with Crippen LogP contribution in [0.3, 0.4) is 0 Å². The van der Waals surface area contributed by atoms with Gasteiger partial charge >= 0.3 is 17.8 Å². The Kier molecular flexibility index (Phi) is 8.86. The van der Waals surface area contributed by atoms with Gasteiger partial charge in [-0.3, -0.25) is 4.79 Å². The highest BCUT2D eigenvalue weighted by Gasteiger charge is 2.34. The van der Waals surface area contributed by atoms with Crippen molar-refractivity contribution in [3.05, 3.63) is 104 Å². The van der Waals surface area contributed by atoms with Crippen molar-refractivity contribution in [1.82, 2.24) is 0 Å². The standard InChI is InChI=1S/C31H24ClF4NO5/c1-4-41-29(39)17(3)10-18-6-5-7-19(12-18)28-21-11-16(2)24(32)15-26(21)42-30(40)22(28)14-27(38)37-25-9-8-20(33)13-23(25)31(34,35)36/h5-13,15H,4,14H2,1-3H3,(H,37,38)/b17-10+. The van der Waals surface area contributed by atoms with Crippen molar-refractivity contribution in [1.29, 1.82) is 0 Å². The zero-order valence-corrected chi connectivity index (χ0v) is 23.4. The van der Waals surface area contributed by atoms with Gasteiger partial charge in [-0.15, -0.1) is 0 Å². The average molecular weight is 602 g/mol. The quantitative estimate of drug-likeness (QED) is 0.101. The van der Waals surface area contributed by atoms with Crippen LogP contribution in [-0.4, -0.2) is 18.5 Å². The van der Waals surface area contributed by atoms with Crippen LogP contribution in [0, 0.1) is 12.7 Å². The van der Waals surface area contributed by atoms with Gasteiger partial charge in [0.25, 0.3) is 0 Å². The van der Waals surface area contributed by atoms with E-state index in [1.165, 1.54) is 6.07 Å². The fourth-order valence-corrected chi connectivity index (χ4v) is 4.57. The molecule has 11 heteroatoms. The van der Waals surface area contributed by atoms with E-state index in [2.05, 4.69) is 5.32 Å². The van der Waals surface area contributed by atoms with Crippen molar-refractivity contribution in [3.63, 3.8) is 0 Å². The third-order valence-electron chi connectivity index (χ3n) is 6.34. The van der Waals surface area contributed by atoms with E-state index in [1.54, 1.807) is 57.2 Å². The maximum Gasteiger partial charge on any atom is 0.418 e. The predicted molar refractivity (Wildman–Crippen MR) is 152 cm³/mol. The molecule has 4 rings (SSSR count). The van der Waals surface area contributed by atoms with Crippen molar-refractivity contribution in [2.45, 2.75) is 33.4 Å². The first-order valence-electron chi connectivity index (χ1n) is 12.7. The highest BCUT2D eigenvalue weighted by Crippen LogP contribution is 2.37. The fraction of sp³-hybridized carbons (Fsp3) is 0.194. The number of benzene rings is 3. The van der Waals surface area contributed by atoms with Gasteiger partial charge in [0.2, 0.25) is 5.91 Å². The Morgan fingerprint density at radius 3 is 2.52 bits per heavy atom. The minimum atomic E-state index is -4.94. The smallest absolute Gasteiger partial charge is 0.418 e. The number of ether oxygens (including phenoxy) is 1. The number of carbonyl (C=O) groups is 2. The van der Waals surface area contributed by atoms with Gasteiger partial charge in [0.15, 0.2) is 0 Å². The van der Waals surface area contributed by atoms with Crippen LogP contribution in [0.1, 0.15) is 36.1 Å². The molecule has 0 aliphatic heterocycles. The van der Waals surface area contributed by atoms with E-state index in [0.717, 1.165) is 12.1 Å². The lowest BCUT2D eigenvalue weighted by molar-refractivity contribution is -0.138. The summed E-state index contributed by atoms with van der Waals surface area (Å²) < 4.78 is 64.5. The summed E-state index contributed by atoms with van der Waals surface area (Å²) in [6, 6.07) is 11.8. The number of fused-ring (bicyclic) bond motifs is 1. The van der Waals surface area contributed by atoms with Crippen LogP contribution >= 0.6 is 11.6 Å². The first kappa shape index (κ1) is 30.5. The Balaban J connectivity index is 1.85. The van der Waals surface area contributed by atoms with Crippen LogP contribution in [0.5, 0.6) is 0 Å². The third-order valence-corrected chi connectivity index (χ3v) is 6.74. The van der Waals surface area contributed by atoms with E-state index in [1.807, 2.05) is 0 Å². The van der Waals surface area contributed by atoms with Gasteiger partial charge in [-0.25, -0.2) is 14.0 Å². The van der Waals surface area contributed by atoms with Crippen LogP contribution < -0.4 is 10.9 Å². The van der Waals surface area contributed by atoms with Crippen molar-refractivity contribution in [2.24, 2.45) is 0 Å². The SMILES string of the molecule is CCOC(=O)/C(C)=C/c1cccc(-c2c(CC(=O)Nc3ccc(F)cc3C(F)(F)F)c(=O)oc3cc(Cl)c(C)cc23)c1. The van der Waals surface area contributed by atoms with Crippen LogP contribution in [0.15, 0.2) is 69.4 Å². The summed E-state index contributed by atoms with van der Waals surface area (Å²) in [5, 5.41) is 2.90. The molecule has 1 heterocycles. The number of aryl methyl sites for hydroxylation is 1. The lowest BCUT2D eigenvalue weighted by atomic mass is 9.93. The van der Waals surface area contributed by atoms with E-state index in [4.69, 9.17) is 20.8 Å². The Labute approximate surface area is 242 Å². The second-order valence-corrected chi connectivity index (χ2v) is 9.83. The van der Waals surface area contributed by atoms with Gasteiger partial charge in [-0.2, -0.15) is 13.2 Å². The molecule has 0 saturated heterocycles. The second kappa shape index (κ2) is 12.2. The number of anilines is 1. The number of alkyl halides is 3. The largest absolute Gasteiger partial charge is 0.463 e. The number of hydrogen-bond donors (Lipinski definition) is 1. The van der Waals surface area contributed by atoms with E-state index in [0.29, 0.717) is 38.2 Å².